The van der Waals surface area contributed by atoms with Crippen molar-refractivity contribution in [2.75, 3.05) is 19.0 Å². The molecule has 0 radical (unpaired) electrons. The zero-order valence-electron chi connectivity index (χ0n) is 24.6. The monoisotopic (exact) mass is 513 g/mol. The van der Waals surface area contributed by atoms with E-state index in [2.05, 4.69) is 117 Å². The maximum atomic E-state index is 5.83. The van der Waals surface area contributed by atoms with Gasteiger partial charge in [-0.2, -0.15) is 4.58 Å². The molecule has 0 spiro atoms. The Hall–Kier alpha value is -3.67. The third kappa shape index (κ3) is 4.92. The van der Waals surface area contributed by atoms with Gasteiger partial charge in [-0.3, -0.25) is 21.5 Å². The molecular weight excluding hydrogens is 468 g/mol. The first kappa shape index (κ1) is 27.4. The number of allylic oxidation sites excluding steroid dienone is 4. The van der Waals surface area contributed by atoms with Crippen molar-refractivity contribution in [1.82, 2.24) is 0 Å². The largest absolute Gasteiger partial charge is 0.347 e. The van der Waals surface area contributed by atoms with E-state index in [-0.39, 0.29) is 10.8 Å². The Balaban J connectivity index is 1.67. The minimum absolute atomic E-state index is 0.110. The first-order valence-corrected chi connectivity index (χ1v) is 13.4. The molecule has 0 aliphatic carbocycles. The lowest BCUT2D eigenvalue weighted by molar-refractivity contribution is -0.477. The molecule has 4 rings (SSSR count). The molecule has 6 heteroatoms. The lowest BCUT2D eigenvalue weighted by Gasteiger charge is -2.24. The maximum absolute atomic E-state index is 5.83. The molecule has 38 heavy (non-hydrogen) atoms. The summed E-state index contributed by atoms with van der Waals surface area (Å²) in [5.41, 5.74) is 23.0. The summed E-state index contributed by atoms with van der Waals surface area (Å²) in [6.07, 6.45) is 4.70. The van der Waals surface area contributed by atoms with Crippen molar-refractivity contribution in [3.63, 3.8) is 0 Å². The molecule has 200 valence electrons. The molecule has 2 heterocycles. The van der Waals surface area contributed by atoms with Crippen LogP contribution in [0, 0.1) is 0 Å². The van der Waals surface area contributed by atoms with Gasteiger partial charge in [-0.25, -0.2) is 0 Å². The van der Waals surface area contributed by atoms with Crippen LogP contribution in [0.15, 0.2) is 59.8 Å². The van der Waals surface area contributed by atoms with E-state index in [0.717, 1.165) is 24.8 Å². The number of nitrogens with zero attached hydrogens (tertiary/aromatic N) is 2. The number of rotatable bonds is 6. The van der Waals surface area contributed by atoms with Crippen molar-refractivity contribution in [3.05, 3.63) is 82.1 Å². The van der Waals surface area contributed by atoms with Gasteiger partial charge in [0.25, 0.3) is 0 Å². The highest BCUT2D eigenvalue weighted by Gasteiger charge is 2.43. The van der Waals surface area contributed by atoms with E-state index in [1.54, 1.807) is 0 Å². The molecule has 0 aromatic heterocycles. The van der Waals surface area contributed by atoms with Crippen molar-refractivity contribution in [2.24, 2.45) is 11.5 Å². The first-order valence-electron chi connectivity index (χ1n) is 13.4. The van der Waals surface area contributed by atoms with Gasteiger partial charge >= 0.3 is 0 Å². The average Bonchev–Trinajstić information content (AvgIpc) is 3.15. The molecule has 6 N–H and O–H groups in total. The smallest absolute Gasteiger partial charge is 0.237 e. The number of nitrogens with one attached hydrogen (secondary N) is 2. The third-order valence-corrected chi connectivity index (χ3v) is 8.07. The summed E-state index contributed by atoms with van der Waals surface area (Å²) in [7, 11) is 4.35. The summed E-state index contributed by atoms with van der Waals surface area (Å²) in [5.74, 6) is 1.47. The first-order chi connectivity index (χ1) is 17.7. The fraction of sp³-hybridized carbons (Fsp3) is 0.406. The Bertz CT molecular complexity index is 1420. The van der Waals surface area contributed by atoms with Crippen LogP contribution in [0.3, 0.4) is 0 Å². The number of likely N-dealkylation sites (N-methyl/N-ethyl adjacent to an activating group) is 1. The van der Waals surface area contributed by atoms with Crippen LogP contribution in [-0.2, 0) is 23.9 Å². The van der Waals surface area contributed by atoms with Crippen molar-refractivity contribution < 1.29 is 14.6 Å². The van der Waals surface area contributed by atoms with Gasteiger partial charge in [-0.15, -0.1) is 0 Å². The van der Waals surface area contributed by atoms with Crippen LogP contribution in [0.4, 0.5) is 11.4 Å². The van der Waals surface area contributed by atoms with Crippen LogP contribution in [0.2, 0.25) is 0 Å². The van der Waals surface area contributed by atoms with Gasteiger partial charge in [0, 0.05) is 55.4 Å². The Morgan fingerprint density at radius 2 is 1.42 bits per heavy atom. The summed E-state index contributed by atoms with van der Waals surface area (Å²) in [6, 6.07) is 13.5. The van der Waals surface area contributed by atoms with E-state index in [0.29, 0.717) is 0 Å². The molecule has 2 aromatic carbocycles. The average molecular weight is 514 g/mol. The van der Waals surface area contributed by atoms with E-state index in [1.807, 2.05) is 13.8 Å². The number of hydrogen-bond donors (Lipinski definition) is 4. The number of benzene rings is 2. The number of amidine groups is 2. The Morgan fingerprint density at radius 3 is 2.00 bits per heavy atom. The van der Waals surface area contributed by atoms with E-state index < -0.39 is 0 Å². The molecule has 2 aliphatic heterocycles. The maximum Gasteiger partial charge on any atom is 0.237 e. The van der Waals surface area contributed by atoms with Gasteiger partial charge in [0.1, 0.15) is 20.1 Å². The Kier molecular flexibility index (Phi) is 7.13. The van der Waals surface area contributed by atoms with Crippen LogP contribution < -0.4 is 26.4 Å². The number of nitrogens with two attached hydrogens (primary N) is 2. The van der Waals surface area contributed by atoms with Crippen molar-refractivity contribution in [2.45, 2.75) is 72.4 Å². The Labute approximate surface area is 228 Å². The molecule has 0 saturated carbocycles. The Morgan fingerprint density at radius 1 is 0.868 bits per heavy atom. The second-order valence-electron chi connectivity index (χ2n) is 11.9. The van der Waals surface area contributed by atoms with Gasteiger partial charge in [0.2, 0.25) is 17.4 Å². The molecule has 0 saturated heterocycles. The summed E-state index contributed by atoms with van der Waals surface area (Å²) in [6.45, 7) is 16.7. The van der Waals surface area contributed by atoms with E-state index in [1.165, 1.54) is 50.6 Å². The topological polar surface area (TPSA) is 86.2 Å². The quantitative estimate of drug-likeness (QED) is 0.270. The third-order valence-electron chi connectivity index (χ3n) is 8.07. The second kappa shape index (κ2) is 9.90. The highest BCUT2D eigenvalue weighted by molar-refractivity contribution is 6.03. The molecule has 2 aromatic rings. The standard InChI is InChI=1S/C32H43N6/c1-20(14-29-31(4,5)25-16-23(18-35-21(2)33)10-12-27(25)37(29)8)15-30-32(6,7)26-17-24(19-36-22(3)34)11-13-28(26)38(30)9/h10-17H,18-19H2,1-9H3,(H2,33,35)(H2,34,36)/q+1/p+2. The van der Waals surface area contributed by atoms with Crippen LogP contribution in [0.5, 0.6) is 0 Å². The molecule has 0 bridgehead atoms. The minimum atomic E-state index is -0.110. The van der Waals surface area contributed by atoms with Crippen LogP contribution in [0.25, 0.3) is 0 Å². The molecule has 2 aliphatic rings. The second-order valence-corrected chi connectivity index (χ2v) is 11.9. The van der Waals surface area contributed by atoms with Crippen LogP contribution in [-0.4, -0.2) is 36.1 Å². The SMILES string of the molecule is CC(=CC1=[N+](C)c2ccc(C[NH+]=C(C)N)cc2C1(C)C)C=C1N(C)c2ccc(C[NH+]=C(C)N)cc2C1(C)C. The van der Waals surface area contributed by atoms with Gasteiger partial charge < -0.3 is 4.90 Å². The predicted octanol–water partition coefficient (Wildman–Crippen LogP) is 1.87. The zero-order valence-corrected chi connectivity index (χ0v) is 24.6. The van der Waals surface area contributed by atoms with E-state index in [4.69, 9.17) is 11.5 Å². The molecule has 0 fully saturated rings. The molecule has 6 nitrogen and oxygen atoms in total. The highest BCUT2D eigenvalue weighted by Crippen LogP contribution is 2.47. The van der Waals surface area contributed by atoms with E-state index >= 15 is 0 Å². The summed E-state index contributed by atoms with van der Waals surface area (Å²) < 4.78 is 2.34. The lowest BCUT2D eigenvalue weighted by Crippen LogP contribution is -2.73. The zero-order chi connectivity index (χ0) is 28.0. The summed E-state index contributed by atoms with van der Waals surface area (Å²) in [5, 5.41) is 0. The van der Waals surface area contributed by atoms with Gasteiger partial charge in [0.05, 0.1) is 5.41 Å². The summed E-state index contributed by atoms with van der Waals surface area (Å²) in [4.78, 5) is 8.84. The summed E-state index contributed by atoms with van der Waals surface area (Å²) >= 11 is 0. The fourth-order valence-electron chi connectivity index (χ4n) is 5.86. The molecule has 0 unspecified atom stereocenters. The number of fused-ring (bicyclic) bond motifs is 2. The molecule has 0 atom stereocenters. The van der Waals surface area contributed by atoms with Gasteiger partial charge in [0.15, 0.2) is 5.71 Å². The highest BCUT2D eigenvalue weighted by atomic mass is 15.2. The van der Waals surface area contributed by atoms with Gasteiger partial charge in [-0.1, -0.05) is 19.9 Å². The normalized spacial score (nSPS) is 19.9. The van der Waals surface area contributed by atoms with E-state index in [9.17, 15) is 0 Å². The van der Waals surface area contributed by atoms with Crippen molar-refractivity contribution in [3.8, 4) is 0 Å². The molecular formula is C32H45N6+3. The fourth-order valence-corrected chi connectivity index (χ4v) is 5.86. The lowest BCUT2D eigenvalue weighted by atomic mass is 9.80. The minimum Gasteiger partial charge on any atom is -0.347 e. The van der Waals surface area contributed by atoms with Gasteiger partial charge in [-0.05, 0) is 73.4 Å². The van der Waals surface area contributed by atoms with Crippen molar-refractivity contribution in [1.29, 1.82) is 0 Å². The molecule has 0 amide bonds. The predicted molar refractivity (Wildman–Crippen MR) is 159 cm³/mol. The number of hydrogen-bond acceptors (Lipinski definition) is 1. The van der Waals surface area contributed by atoms with Crippen LogP contribution >= 0.6 is 0 Å². The van der Waals surface area contributed by atoms with Crippen LogP contribution in [0.1, 0.15) is 70.7 Å². The van der Waals surface area contributed by atoms with Crippen molar-refractivity contribution >= 4 is 28.8 Å². The number of anilines is 1.